The predicted octanol–water partition coefficient (Wildman–Crippen LogP) is 4.77. The topological polar surface area (TPSA) is 96.4 Å². The molecule has 0 saturated heterocycles. The van der Waals surface area contributed by atoms with Gasteiger partial charge >= 0.3 is 12.1 Å². The quantitative estimate of drug-likeness (QED) is 0.395. The molecule has 2 N–H and O–H groups in total. The van der Waals surface area contributed by atoms with Gasteiger partial charge in [-0.05, 0) is 61.7 Å². The Morgan fingerprint density at radius 1 is 1.18 bits per heavy atom. The molecule has 0 bridgehead atoms. The Balaban J connectivity index is 1.91. The Hall–Kier alpha value is -3.54. The van der Waals surface area contributed by atoms with Crippen molar-refractivity contribution in [1.29, 1.82) is 5.26 Å². The number of nitrogens with two attached hydrogens (primary N) is 1. The van der Waals surface area contributed by atoms with E-state index in [0.29, 0.717) is 17.3 Å². The highest BCUT2D eigenvalue weighted by atomic mass is 19.4. The number of nitrogen functional groups attached to an aromatic ring is 1. The van der Waals surface area contributed by atoms with Crippen molar-refractivity contribution in [2.45, 2.75) is 46.5 Å². The van der Waals surface area contributed by atoms with Gasteiger partial charge in [-0.3, -0.25) is 9.59 Å². The molecule has 0 spiro atoms. The van der Waals surface area contributed by atoms with Crippen LogP contribution in [0, 0.1) is 22.7 Å². The second-order valence-electron chi connectivity index (χ2n) is 8.97. The minimum atomic E-state index is -4.78. The van der Waals surface area contributed by atoms with Crippen molar-refractivity contribution >= 4 is 17.6 Å². The number of alkyl halides is 3. The molecule has 0 saturated carbocycles. The first-order chi connectivity index (χ1) is 15.3. The smallest absolute Gasteiger partial charge is 0.417 e. The molecule has 0 fully saturated rings. The average molecular weight is 459 g/mol. The number of nitriles is 1. The number of carbonyl (C=O) groups excluding carboxylic acids is 2. The van der Waals surface area contributed by atoms with Crippen LogP contribution in [0.5, 0.6) is 5.75 Å². The molecule has 2 aromatic carbocycles. The van der Waals surface area contributed by atoms with E-state index in [0.717, 1.165) is 17.7 Å². The first-order valence-corrected chi connectivity index (χ1v) is 10.3. The summed E-state index contributed by atoms with van der Waals surface area (Å²) in [5, 5.41) is 8.95. The molecule has 1 aliphatic rings. The van der Waals surface area contributed by atoms with Gasteiger partial charge in [-0.25, -0.2) is 0 Å². The van der Waals surface area contributed by atoms with Crippen LogP contribution in [0.2, 0.25) is 0 Å². The Kier molecular flexibility index (Phi) is 6.16. The zero-order valence-corrected chi connectivity index (χ0v) is 18.7. The van der Waals surface area contributed by atoms with E-state index in [2.05, 4.69) is 0 Å². The summed E-state index contributed by atoms with van der Waals surface area (Å²) in [6.45, 7) is 7.16. The third-order valence-corrected chi connectivity index (χ3v) is 5.82. The Bertz CT molecular complexity index is 1150. The standard InChI is InChI=1S/C24H24F3N3O3/c1-13(2)20(30-12-15-9-16(29)6-8-18(15)21(30)31)23(3,4)22(32)33-17-7-5-14(11-28)19(10-17)24(25,26)27/h5-10,13,20H,12,29H2,1-4H3. The summed E-state index contributed by atoms with van der Waals surface area (Å²) < 4.78 is 45.2. The fourth-order valence-corrected chi connectivity index (χ4v) is 4.45. The zero-order chi connectivity index (χ0) is 24.7. The molecule has 0 aliphatic carbocycles. The van der Waals surface area contributed by atoms with Gasteiger partial charge in [-0.1, -0.05) is 13.8 Å². The van der Waals surface area contributed by atoms with Crippen LogP contribution in [0.4, 0.5) is 18.9 Å². The summed E-state index contributed by atoms with van der Waals surface area (Å²) in [4.78, 5) is 27.8. The van der Waals surface area contributed by atoms with Crippen LogP contribution in [-0.2, 0) is 17.5 Å². The van der Waals surface area contributed by atoms with Crippen molar-refractivity contribution in [2.24, 2.45) is 11.3 Å². The van der Waals surface area contributed by atoms with Crippen molar-refractivity contribution in [3.8, 4) is 11.8 Å². The van der Waals surface area contributed by atoms with E-state index in [9.17, 15) is 22.8 Å². The second kappa shape index (κ2) is 8.43. The van der Waals surface area contributed by atoms with Gasteiger partial charge in [0.2, 0.25) is 0 Å². The first kappa shape index (κ1) is 24.1. The van der Waals surface area contributed by atoms with Gasteiger partial charge in [0.1, 0.15) is 5.75 Å². The largest absolute Gasteiger partial charge is 0.426 e. The lowest BCUT2D eigenvalue weighted by molar-refractivity contribution is -0.149. The van der Waals surface area contributed by atoms with Gasteiger partial charge in [0.15, 0.2) is 0 Å². The minimum Gasteiger partial charge on any atom is -0.426 e. The lowest BCUT2D eigenvalue weighted by Crippen LogP contribution is -2.53. The maximum Gasteiger partial charge on any atom is 0.417 e. The Labute approximate surface area is 189 Å². The number of ether oxygens (including phenoxy) is 1. The van der Waals surface area contributed by atoms with Crippen molar-refractivity contribution < 1.29 is 27.5 Å². The molecule has 1 aliphatic heterocycles. The molecule has 9 heteroatoms. The summed E-state index contributed by atoms with van der Waals surface area (Å²) in [6, 6.07) is 8.61. The van der Waals surface area contributed by atoms with Gasteiger partial charge in [0.25, 0.3) is 5.91 Å². The number of carbonyl (C=O) groups is 2. The number of anilines is 1. The highest BCUT2D eigenvalue weighted by molar-refractivity contribution is 5.99. The van der Waals surface area contributed by atoms with Gasteiger partial charge in [-0.15, -0.1) is 0 Å². The van der Waals surface area contributed by atoms with E-state index in [-0.39, 0.29) is 24.1 Å². The van der Waals surface area contributed by atoms with Gasteiger partial charge < -0.3 is 15.4 Å². The molecular formula is C24H24F3N3O3. The van der Waals surface area contributed by atoms with Crippen LogP contribution < -0.4 is 10.5 Å². The Morgan fingerprint density at radius 3 is 2.42 bits per heavy atom. The minimum absolute atomic E-state index is 0.171. The molecule has 2 aromatic rings. The van der Waals surface area contributed by atoms with Crippen LogP contribution in [0.1, 0.15) is 54.7 Å². The fourth-order valence-electron chi connectivity index (χ4n) is 4.45. The highest BCUT2D eigenvalue weighted by Gasteiger charge is 2.47. The van der Waals surface area contributed by atoms with Gasteiger partial charge in [0.05, 0.1) is 28.7 Å². The molecule has 6 nitrogen and oxygen atoms in total. The maximum atomic E-state index is 13.3. The monoisotopic (exact) mass is 459 g/mol. The van der Waals surface area contributed by atoms with Crippen LogP contribution in [-0.4, -0.2) is 22.8 Å². The first-order valence-electron chi connectivity index (χ1n) is 10.3. The lowest BCUT2D eigenvalue weighted by atomic mass is 9.77. The molecule has 0 radical (unpaired) electrons. The summed E-state index contributed by atoms with van der Waals surface area (Å²) in [5.41, 5.74) is 4.59. The number of amides is 1. The highest BCUT2D eigenvalue weighted by Crippen LogP contribution is 2.39. The molecule has 1 atom stereocenters. The zero-order valence-electron chi connectivity index (χ0n) is 18.7. The van der Waals surface area contributed by atoms with Gasteiger partial charge in [0, 0.05) is 17.8 Å². The predicted molar refractivity (Wildman–Crippen MR) is 115 cm³/mol. The number of hydrogen-bond acceptors (Lipinski definition) is 5. The fraction of sp³-hybridized carbons (Fsp3) is 0.375. The van der Waals surface area contributed by atoms with Crippen molar-refractivity contribution in [2.75, 3.05) is 5.73 Å². The number of nitrogens with zero attached hydrogens (tertiary/aromatic N) is 2. The summed E-state index contributed by atoms with van der Waals surface area (Å²) in [7, 11) is 0. The third kappa shape index (κ3) is 4.51. The molecule has 174 valence electrons. The van der Waals surface area contributed by atoms with Crippen LogP contribution in [0.25, 0.3) is 0 Å². The number of benzene rings is 2. The van der Waals surface area contributed by atoms with E-state index in [1.807, 2.05) is 13.8 Å². The number of rotatable bonds is 5. The van der Waals surface area contributed by atoms with E-state index < -0.39 is 34.7 Å². The normalized spacial score (nSPS) is 14.8. The van der Waals surface area contributed by atoms with E-state index in [4.69, 9.17) is 15.7 Å². The van der Waals surface area contributed by atoms with E-state index in [1.54, 1.807) is 36.9 Å². The van der Waals surface area contributed by atoms with Crippen molar-refractivity contribution in [3.05, 3.63) is 58.7 Å². The number of halogens is 3. The van der Waals surface area contributed by atoms with Gasteiger partial charge in [-0.2, -0.15) is 18.4 Å². The molecule has 33 heavy (non-hydrogen) atoms. The number of fused-ring (bicyclic) bond motifs is 1. The van der Waals surface area contributed by atoms with Crippen molar-refractivity contribution in [1.82, 2.24) is 4.90 Å². The van der Waals surface area contributed by atoms with Crippen molar-refractivity contribution in [3.63, 3.8) is 0 Å². The maximum absolute atomic E-state index is 13.3. The molecule has 3 rings (SSSR count). The van der Waals surface area contributed by atoms with E-state index >= 15 is 0 Å². The lowest BCUT2D eigenvalue weighted by Gasteiger charge is -2.41. The molecular weight excluding hydrogens is 435 g/mol. The van der Waals surface area contributed by atoms with Crippen LogP contribution in [0.15, 0.2) is 36.4 Å². The van der Waals surface area contributed by atoms with Crippen LogP contribution in [0.3, 0.4) is 0 Å². The summed E-state index contributed by atoms with van der Waals surface area (Å²) in [5.74, 6) is -1.54. The summed E-state index contributed by atoms with van der Waals surface area (Å²) >= 11 is 0. The van der Waals surface area contributed by atoms with E-state index in [1.165, 1.54) is 6.07 Å². The van der Waals surface area contributed by atoms with Crippen LogP contribution >= 0.6 is 0 Å². The molecule has 1 unspecified atom stereocenters. The molecule has 0 aromatic heterocycles. The SMILES string of the molecule is CC(C)C(N1Cc2cc(N)ccc2C1=O)C(C)(C)C(=O)Oc1ccc(C#N)c(C(F)(F)F)c1. The summed E-state index contributed by atoms with van der Waals surface area (Å²) in [6.07, 6.45) is -4.78. The molecule has 1 heterocycles. The second-order valence-corrected chi connectivity index (χ2v) is 8.97. The average Bonchev–Trinajstić information content (AvgIpc) is 3.01. The number of esters is 1. The number of hydrogen-bond donors (Lipinski definition) is 1. The molecule has 1 amide bonds. The Morgan fingerprint density at radius 2 is 1.85 bits per heavy atom. The third-order valence-electron chi connectivity index (χ3n) is 5.82.